The first kappa shape index (κ1) is 12.4. The molecule has 94 valence electrons. The molecule has 4 nitrogen and oxygen atoms in total. The molecule has 1 fully saturated rings. The van der Waals surface area contributed by atoms with Gasteiger partial charge in [0.15, 0.2) is 5.11 Å². The number of aromatic nitrogens is 2. The van der Waals surface area contributed by atoms with Gasteiger partial charge in [-0.15, -0.1) is 0 Å². The summed E-state index contributed by atoms with van der Waals surface area (Å²) in [6.07, 6.45) is 9.06. The van der Waals surface area contributed by atoms with Gasteiger partial charge in [-0.2, -0.15) is 5.10 Å². The van der Waals surface area contributed by atoms with Crippen LogP contribution in [-0.4, -0.2) is 32.9 Å². The molecule has 2 rings (SSSR count). The first-order chi connectivity index (χ1) is 8.15. The van der Waals surface area contributed by atoms with Crippen molar-refractivity contribution in [2.75, 3.05) is 7.05 Å². The Kier molecular flexibility index (Phi) is 3.99. The Morgan fingerprint density at radius 3 is 2.88 bits per heavy atom. The Labute approximate surface area is 108 Å². The molecule has 0 radical (unpaired) electrons. The van der Waals surface area contributed by atoms with E-state index in [9.17, 15) is 0 Å². The third-order valence-electron chi connectivity index (χ3n) is 3.21. The molecule has 1 aliphatic rings. The van der Waals surface area contributed by atoms with Crippen molar-refractivity contribution in [3.63, 3.8) is 0 Å². The zero-order valence-corrected chi connectivity index (χ0v) is 11.3. The molecule has 17 heavy (non-hydrogen) atoms. The zero-order chi connectivity index (χ0) is 12.3. The molecule has 1 aromatic rings. The minimum atomic E-state index is 0.582. The molecule has 0 amide bonds. The van der Waals surface area contributed by atoms with Gasteiger partial charge < -0.3 is 10.2 Å². The van der Waals surface area contributed by atoms with Crippen LogP contribution in [0.2, 0.25) is 0 Å². The highest BCUT2D eigenvalue weighted by Gasteiger charge is 2.17. The van der Waals surface area contributed by atoms with E-state index in [0.29, 0.717) is 6.04 Å². The van der Waals surface area contributed by atoms with Crippen molar-refractivity contribution in [1.29, 1.82) is 0 Å². The van der Waals surface area contributed by atoms with Gasteiger partial charge in [0.1, 0.15) is 0 Å². The van der Waals surface area contributed by atoms with Gasteiger partial charge in [0, 0.05) is 38.4 Å². The number of aryl methyl sites for hydroxylation is 1. The molecule has 0 spiro atoms. The van der Waals surface area contributed by atoms with Gasteiger partial charge in [0.2, 0.25) is 0 Å². The fourth-order valence-electron chi connectivity index (χ4n) is 2.25. The van der Waals surface area contributed by atoms with Gasteiger partial charge in [0.05, 0.1) is 6.20 Å². The first-order valence-electron chi connectivity index (χ1n) is 6.14. The normalized spacial score (nSPS) is 16.1. The van der Waals surface area contributed by atoms with Crippen LogP contribution in [-0.2, 0) is 13.6 Å². The summed E-state index contributed by atoms with van der Waals surface area (Å²) in [5.41, 5.74) is 1.19. The maximum Gasteiger partial charge on any atom is 0.169 e. The zero-order valence-electron chi connectivity index (χ0n) is 10.5. The van der Waals surface area contributed by atoms with Crippen molar-refractivity contribution in [3.05, 3.63) is 18.0 Å². The van der Waals surface area contributed by atoms with Crippen LogP contribution in [0.4, 0.5) is 0 Å². The van der Waals surface area contributed by atoms with Crippen molar-refractivity contribution in [3.8, 4) is 0 Å². The smallest absolute Gasteiger partial charge is 0.169 e. The number of hydrogen-bond acceptors (Lipinski definition) is 2. The summed E-state index contributed by atoms with van der Waals surface area (Å²) in [7, 11) is 3.95. The van der Waals surface area contributed by atoms with Crippen LogP contribution < -0.4 is 5.32 Å². The Balaban J connectivity index is 1.82. The summed E-state index contributed by atoms with van der Waals surface area (Å²) in [4.78, 5) is 2.07. The van der Waals surface area contributed by atoms with Crippen LogP contribution in [0.1, 0.15) is 31.2 Å². The molecule has 0 unspecified atom stereocenters. The molecule has 0 aliphatic heterocycles. The predicted molar refractivity (Wildman–Crippen MR) is 72.7 cm³/mol. The van der Waals surface area contributed by atoms with E-state index >= 15 is 0 Å². The molecule has 0 bridgehead atoms. The van der Waals surface area contributed by atoms with Crippen LogP contribution in [0.25, 0.3) is 0 Å². The lowest BCUT2D eigenvalue weighted by molar-refractivity contribution is 0.471. The number of thiocarbonyl (C=S) groups is 1. The molecule has 5 heteroatoms. The molecular formula is C12H20N4S. The third kappa shape index (κ3) is 3.43. The Hall–Kier alpha value is -1.10. The summed E-state index contributed by atoms with van der Waals surface area (Å²) >= 11 is 5.41. The molecule has 0 saturated heterocycles. The molecule has 1 N–H and O–H groups in total. The second-order valence-corrected chi connectivity index (χ2v) is 5.20. The van der Waals surface area contributed by atoms with E-state index in [1.807, 2.05) is 31.2 Å². The number of nitrogens with zero attached hydrogens (tertiary/aromatic N) is 3. The van der Waals surface area contributed by atoms with Gasteiger partial charge in [-0.25, -0.2) is 0 Å². The molecule has 0 atom stereocenters. The van der Waals surface area contributed by atoms with Crippen molar-refractivity contribution in [1.82, 2.24) is 20.0 Å². The molecular weight excluding hydrogens is 232 g/mol. The third-order valence-corrected chi connectivity index (χ3v) is 3.64. The van der Waals surface area contributed by atoms with Crippen LogP contribution in [0.15, 0.2) is 12.4 Å². The largest absolute Gasteiger partial charge is 0.360 e. The average molecular weight is 252 g/mol. The standard InChI is InChI=1S/C12H20N4S/c1-15(8-10-7-13-16(2)9-10)12(17)14-11-5-3-4-6-11/h7,9,11H,3-6,8H2,1-2H3,(H,14,17). The fourth-order valence-corrected chi connectivity index (χ4v) is 2.49. The summed E-state index contributed by atoms with van der Waals surface area (Å²) in [5, 5.41) is 8.44. The minimum absolute atomic E-state index is 0.582. The van der Waals surface area contributed by atoms with Crippen molar-refractivity contribution >= 4 is 17.3 Å². The molecule has 1 heterocycles. The highest BCUT2D eigenvalue weighted by molar-refractivity contribution is 7.80. The SMILES string of the molecule is CN(Cc1cnn(C)c1)C(=S)NC1CCCC1. The van der Waals surface area contributed by atoms with Crippen LogP contribution in [0.5, 0.6) is 0 Å². The van der Waals surface area contributed by atoms with Gasteiger partial charge in [-0.1, -0.05) is 12.8 Å². The van der Waals surface area contributed by atoms with E-state index in [1.54, 1.807) is 0 Å². The van der Waals surface area contributed by atoms with Crippen molar-refractivity contribution < 1.29 is 0 Å². The maximum absolute atomic E-state index is 5.41. The molecule has 1 saturated carbocycles. The topological polar surface area (TPSA) is 33.1 Å². The Morgan fingerprint density at radius 2 is 2.29 bits per heavy atom. The summed E-state index contributed by atoms with van der Waals surface area (Å²) in [5.74, 6) is 0. The number of hydrogen-bond donors (Lipinski definition) is 1. The lowest BCUT2D eigenvalue weighted by atomic mass is 10.2. The highest BCUT2D eigenvalue weighted by Crippen LogP contribution is 2.17. The van der Waals surface area contributed by atoms with E-state index in [1.165, 1.54) is 31.2 Å². The van der Waals surface area contributed by atoms with Crippen molar-refractivity contribution in [2.45, 2.75) is 38.3 Å². The average Bonchev–Trinajstić information content (AvgIpc) is 2.90. The lowest BCUT2D eigenvalue weighted by Gasteiger charge is -2.23. The fraction of sp³-hybridized carbons (Fsp3) is 0.667. The lowest BCUT2D eigenvalue weighted by Crippen LogP contribution is -2.41. The van der Waals surface area contributed by atoms with Gasteiger partial charge in [0.25, 0.3) is 0 Å². The van der Waals surface area contributed by atoms with Gasteiger partial charge in [-0.3, -0.25) is 4.68 Å². The van der Waals surface area contributed by atoms with E-state index < -0.39 is 0 Å². The second kappa shape index (κ2) is 5.49. The number of rotatable bonds is 3. The van der Waals surface area contributed by atoms with Crippen LogP contribution >= 0.6 is 12.2 Å². The summed E-state index contributed by atoms with van der Waals surface area (Å²) in [6.45, 7) is 0.812. The Morgan fingerprint density at radius 1 is 1.59 bits per heavy atom. The monoisotopic (exact) mass is 252 g/mol. The Bertz CT molecular complexity index is 382. The van der Waals surface area contributed by atoms with E-state index in [0.717, 1.165) is 11.7 Å². The first-order valence-corrected chi connectivity index (χ1v) is 6.55. The van der Waals surface area contributed by atoms with E-state index in [4.69, 9.17) is 12.2 Å². The van der Waals surface area contributed by atoms with Crippen LogP contribution in [0.3, 0.4) is 0 Å². The maximum atomic E-state index is 5.41. The van der Waals surface area contributed by atoms with Crippen molar-refractivity contribution in [2.24, 2.45) is 7.05 Å². The number of nitrogens with one attached hydrogen (secondary N) is 1. The molecule has 1 aromatic heterocycles. The van der Waals surface area contributed by atoms with E-state index in [2.05, 4.69) is 15.3 Å². The molecule has 0 aromatic carbocycles. The van der Waals surface area contributed by atoms with Gasteiger partial charge in [-0.05, 0) is 25.1 Å². The quantitative estimate of drug-likeness (QED) is 0.830. The molecule has 1 aliphatic carbocycles. The summed E-state index contributed by atoms with van der Waals surface area (Å²) in [6, 6.07) is 0.582. The predicted octanol–water partition coefficient (Wildman–Crippen LogP) is 1.67. The van der Waals surface area contributed by atoms with E-state index in [-0.39, 0.29) is 0 Å². The highest BCUT2D eigenvalue weighted by atomic mass is 32.1. The van der Waals surface area contributed by atoms with Crippen LogP contribution in [0, 0.1) is 0 Å². The minimum Gasteiger partial charge on any atom is -0.360 e. The van der Waals surface area contributed by atoms with Gasteiger partial charge >= 0.3 is 0 Å². The second-order valence-electron chi connectivity index (χ2n) is 4.81. The summed E-state index contributed by atoms with van der Waals surface area (Å²) < 4.78 is 1.82.